The molecule has 0 fully saturated rings. The smallest absolute Gasteiger partial charge is 0.139 e. The molecule has 0 saturated heterocycles. The van der Waals surface area contributed by atoms with Gasteiger partial charge < -0.3 is 9.84 Å². The summed E-state index contributed by atoms with van der Waals surface area (Å²) < 4.78 is 32.4. The summed E-state index contributed by atoms with van der Waals surface area (Å²) in [5, 5.41) is 9.21. The molecule has 100 valence electrons. The lowest BCUT2D eigenvalue weighted by Crippen LogP contribution is -2.02. The first-order valence-corrected chi connectivity index (χ1v) is 6.36. The van der Waals surface area contributed by atoms with E-state index in [0.29, 0.717) is 15.8 Å². The van der Waals surface area contributed by atoms with Gasteiger partial charge in [-0.3, -0.25) is 0 Å². The zero-order valence-corrected chi connectivity index (χ0v) is 11.5. The number of benzene rings is 2. The first-order chi connectivity index (χ1) is 9.11. The molecule has 0 unspecified atom stereocenters. The molecule has 1 N–H and O–H groups in total. The highest BCUT2D eigenvalue weighted by molar-refractivity contribution is 9.10. The van der Waals surface area contributed by atoms with Crippen molar-refractivity contribution in [3.8, 4) is 5.75 Å². The topological polar surface area (TPSA) is 29.5 Å². The van der Waals surface area contributed by atoms with Crippen LogP contribution < -0.4 is 4.74 Å². The largest absolute Gasteiger partial charge is 0.487 e. The lowest BCUT2D eigenvalue weighted by Gasteiger charge is -2.12. The summed E-state index contributed by atoms with van der Waals surface area (Å²) in [5.74, 6) is -0.829. The van der Waals surface area contributed by atoms with E-state index < -0.39 is 11.6 Å². The Balaban J connectivity index is 2.19. The van der Waals surface area contributed by atoms with Crippen LogP contribution in [0.5, 0.6) is 5.75 Å². The maximum atomic E-state index is 13.5. The lowest BCUT2D eigenvalue weighted by molar-refractivity contribution is 0.256. The summed E-state index contributed by atoms with van der Waals surface area (Å²) in [6, 6.07) is 8.55. The molecule has 19 heavy (non-hydrogen) atoms. The molecular formula is C14H11BrF2O2. The van der Waals surface area contributed by atoms with Crippen LogP contribution >= 0.6 is 15.9 Å². The van der Waals surface area contributed by atoms with Crippen LogP contribution in [-0.4, -0.2) is 5.11 Å². The monoisotopic (exact) mass is 328 g/mol. The summed E-state index contributed by atoms with van der Waals surface area (Å²) in [7, 11) is 0. The molecule has 2 aromatic carbocycles. The first kappa shape index (κ1) is 14.0. The molecule has 0 amide bonds. The zero-order chi connectivity index (χ0) is 13.8. The number of hydrogen-bond acceptors (Lipinski definition) is 2. The third-order valence-electron chi connectivity index (χ3n) is 2.61. The molecule has 0 heterocycles. The van der Waals surface area contributed by atoms with Gasteiger partial charge in [0.2, 0.25) is 0 Å². The zero-order valence-electron chi connectivity index (χ0n) is 9.87. The van der Waals surface area contributed by atoms with E-state index in [1.165, 1.54) is 12.1 Å². The quantitative estimate of drug-likeness (QED) is 0.925. The van der Waals surface area contributed by atoms with Crippen LogP contribution in [-0.2, 0) is 13.2 Å². The van der Waals surface area contributed by atoms with Gasteiger partial charge >= 0.3 is 0 Å². The van der Waals surface area contributed by atoms with Gasteiger partial charge in [-0.05, 0) is 34.1 Å². The van der Waals surface area contributed by atoms with Crippen molar-refractivity contribution < 1.29 is 18.6 Å². The molecule has 0 bridgehead atoms. The van der Waals surface area contributed by atoms with Crippen molar-refractivity contribution in [1.29, 1.82) is 0 Å². The number of para-hydroxylation sites is 1. The Labute approximate surface area is 117 Å². The van der Waals surface area contributed by atoms with E-state index in [1.807, 2.05) is 0 Å². The molecule has 2 aromatic rings. The Morgan fingerprint density at radius 1 is 1.11 bits per heavy atom. The fourth-order valence-electron chi connectivity index (χ4n) is 1.63. The third kappa shape index (κ3) is 3.30. The average molecular weight is 329 g/mol. The van der Waals surface area contributed by atoms with E-state index >= 15 is 0 Å². The Morgan fingerprint density at radius 2 is 1.89 bits per heavy atom. The molecule has 0 aromatic heterocycles. The molecule has 2 rings (SSSR count). The van der Waals surface area contributed by atoms with Crippen molar-refractivity contribution in [2.75, 3.05) is 0 Å². The second-order valence-corrected chi connectivity index (χ2v) is 4.76. The standard InChI is InChI=1S/C14H11BrF2O2/c15-12-3-1-2-9(7-18)14(12)19-8-10-4-5-11(16)6-13(10)17/h1-6,18H,7-8H2. The van der Waals surface area contributed by atoms with Gasteiger partial charge in [-0.15, -0.1) is 0 Å². The Hall–Kier alpha value is -1.46. The maximum absolute atomic E-state index is 13.5. The predicted octanol–water partition coefficient (Wildman–Crippen LogP) is 3.80. The van der Waals surface area contributed by atoms with Crippen molar-refractivity contribution in [3.05, 3.63) is 63.6 Å². The second-order valence-electron chi connectivity index (χ2n) is 3.91. The highest BCUT2D eigenvalue weighted by Gasteiger charge is 2.10. The van der Waals surface area contributed by atoms with Gasteiger partial charge in [-0.25, -0.2) is 8.78 Å². The van der Waals surface area contributed by atoms with E-state index in [0.717, 1.165) is 6.07 Å². The van der Waals surface area contributed by atoms with Gasteiger partial charge in [-0.1, -0.05) is 12.1 Å². The molecule has 5 heteroatoms. The van der Waals surface area contributed by atoms with Crippen LogP contribution in [0.3, 0.4) is 0 Å². The molecule has 0 aliphatic rings. The number of aliphatic hydroxyl groups is 1. The van der Waals surface area contributed by atoms with Gasteiger partial charge in [0.15, 0.2) is 0 Å². The van der Waals surface area contributed by atoms with Crippen LogP contribution in [0, 0.1) is 11.6 Å². The number of hydrogen-bond donors (Lipinski definition) is 1. The average Bonchev–Trinajstić information content (AvgIpc) is 2.39. The van der Waals surface area contributed by atoms with Gasteiger partial charge in [0.05, 0.1) is 11.1 Å². The van der Waals surface area contributed by atoms with Gasteiger partial charge in [-0.2, -0.15) is 0 Å². The Bertz CT molecular complexity index is 588. The van der Waals surface area contributed by atoms with E-state index in [9.17, 15) is 13.9 Å². The molecular weight excluding hydrogens is 318 g/mol. The van der Waals surface area contributed by atoms with E-state index in [-0.39, 0.29) is 18.8 Å². The summed E-state index contributed by atoms with van der Waals surface area (Å²) in [5.41, 5.74) is 0.845. The van der Waals surface area contributed by atoms with Crippen LogP contribution in [0.25, 0.3) is 0 Å². The number of rotatable bonds is 4. The Morgan fingerprint density at radius 3 is 2.58 bits per heavy atom. The fourth-order valence-corrected chi connectivity index (χ4v) is 2.15. The van der Waals surface area contributed by atoms with Crippen LogP contribution in [0.1, 0.15) is 11.1 Å². The van der Waals surface area contributed by atoms with Crippen molar-refractivity contribution in [2.45, 2.75) is 13.2 Å². The summed E-state index contributed by atoms with van der Waals surface area (Å²) in [4.78, 5) is 0. The van der Waals surface area contributed by atoms with Gasteiger partial charge in [0.25, 0.3) is 0 Å². The minimum atomic E-state index is -0.655. The minimum Gasteiger partial charge on any atom is -0.487 e. The van der Waals surface area contributed by atoms with Crippen LogP contribution in [0.15, 0.2) is 40.9 Å². The van der Waals surface area contributed by atoms with Crippen molar-refractivity contribution in [3.63, 3.8) is 0 Å². The molecule has 0 saturated carbocycles. The van der Waals surface area contributed by atoms with E-state index in [2.05, 4.69) is 15.9 Å². The molecule has 0 spiro atoms. The second kappa shape index (κ2) is 6.12. The van der Waals surface area contributed by atoms with Gasteiger partial charge in [0, 0.05) is 17.2 Å². The van der Waals surface area contributed by atoms with Crippen molar-refractivity contribution in [1.82, 2.24) is 0 Å². The fraction of sp³-hybridized carbons (Fsp3) is 0.143. The van der Waals surface area contributed by atoms with Gasteiger partial charge in [0.1, 0.15) is 24.0 Å². The lowest BCUT2D eigenvalue weighted by atomic mass is 10.2. The van der Waals surface area contributed by atoms with Crippen LogP contribution in [0.2, 0.25) is 0 Å². The Kier molecular flexibility index (Phi) is 4.50. The molecule has 0 radical (unpaired) electrons. The molecule has 0 aliphatic heterocycles. The third-order valence-corrected chi connectivity index (χ3v) is 3.23. The van der Waals surface area contributed by atoms with E-state index in [1.54, 1.807) is 18.2 Å². The number of ether oxygens (including phenoxy) is 1. The highest BCUT2D eigenvalue weighted by Crippen LogP contribution is 2.30. The maximum Gasteiger partial charge on any atom is 0.139 e. The van der Waals surface area contributed by atoms with Crippen molar-refractivity contribution >= 4 is 15.9 Å². The summed E-state index contributed by atoms with van der Waals surface area (Å²) in [6.07, 6.45) is 0. The molecule has 0 atom stereocenters. The number of halogens is 3. The summed E-state index contributed by atoms with van der Waals surface area (Å²) in [6.45, 7) is -0.220. The minimum absolute atomic E-state index is 0.0400. The van der Waals surface area contributed by atoms with Crippen molar-refractivity contribution in [2.24, 2.45) is 0 Å². The molecule has 0 aliphatic carbocycles. The predicted molar refractivity (Wildman–Crippen MR) is 70.8 cm³/mol. The SMILES string of the molecule is OCc1cccc(Br)c1OCc1ccc(F)cc1F. The highest BCUT2D eigenvalue weighted by atomic mass is 79.9. The van der Waals surface area contributed by atoms with E-state index in [4.69, 9.17) is 4.74 Å². The summed E-state index contributed by atoms with van der Waals surface area (Å²) >= 11 is 3.30. The van der Waals surface area contributed by atoms with Crippen LogP contribution in [0.4, 0.5) is 8.78 Å². The normalized spacial score (nSPS) is 10.5. The molecule has 2 nitrogen and oxygen atoms in total. The number of aliphatic hydroxyl groups excluding tert-OH is 1. The first-order valence-electron chi connectivity index (χ1n) is 5.57.